The summed E-state index contributed by atoms with van der Waals surface area (Å²) in [6, 6.07) is 7.60. The minimum absolute atomic E-state index is 0.0388. The quantitative estimate of drug-likeness (QED) is 0.867. The molecule has 1 aliphatic rings. The maximum Gasteiger partial charge on any atom is 0.260 e. The van der Waals surface area contributed by atoms with Gasteiger partial charge in [-0.15, -0.1) is 0 Å². The Morgan fingerprint density at radius 3 is 2.71 bits per heavy atom. The van der Waals surface area contributed by atoms with Crippen LogP contribution in [0.25, 0.3) is 0 Å². The van der Waals surface area contributed by atoms with E-state index in [1.807, 2.05) is 13.0 Å². The van der Waals surface area contributed by atoms with Crippen molar-refractivity contribution in [2.24, 2.45) is 0 Å². The number of aryl methyl sites for hydroxylation is 1. The number of aromatic nitrogens is 2. The average molecular weight is 348 g/mol. The van der Waals surface area contributed by atoms with Gasteiger partial charge in [0.05, 0.1) is 23.1 Å². The van der Waals surface area contributed by atoms with Crippen LogP contribution in [0.1, 0.15) is 30.6 Å². The first-order valence-corrected chi connectivity index (χ1v) is 8.89. The Morgan fingerprint density at radius 1 is 1.42 bits per heavy atom. The van der Waals surface area contributed by atoms with Gasteiger partial charge >= 0.3 is 0 Å². The predicted molar refractivity (Wildman–Crippen MR) is 82.1 cm³/mol. The highest BCUT2D eigenvalue weighted by molar-refractivity contribution is 7.89. The molecule has 1 N–H and O–H groups in total. The van der Waals surface area contributed by atoms with Crippen LogP contribution in [0.5, 0.6) is 0 Å². The van der Waals surface area contributed by atoms with Gasteiger partial charge in [-0.3, -0.25) is 0 Å². The zero-order valence-electron chi connectivity index (χ0n) is 13.0. The lowest BCUT2D eigenvalue weighted by Gasteiger charge is -2.19. The maximum absolute atomic E-state index is 12.7. The first kappa shape index (κ1) is 16.6. The number of aliphatic hydroxyl groups is 1. The molecule has 8 nitrogen and oxygen atoms in total. The molecule has 9 heteroatoms. The average Bonchev–Trinajstić information content (AvgIpc) is 3.23. The number of β-amino-alcohol motifs (C(OH)–C–C–N with tert-alkyl or cyclic N) is 1. The van der Waals surface area contributed by atoms with E-state index in [0.29, 0.717) is 17.8 Å². The molecule has 0 spiro atoms. The third-order valence-corrected chi connectivity index (χ3v) is 5.88. The first-order valence-electron chi connectivity index (χ1n) is 7.45. The van der Waals surface area contributed by atoms with E-state index in [2.05, 4.69) is 10.1 Å². The molecule has 1 aromatic heterocycles. The molecule has 2 aromatic rings. The molecule has 1 atom stereocenters. The minimum atomic E-state index is -3.77. The highest BCUT2D eigenvalue weighted by Gasteiger charge is 2.46. The van der Waals surface area contributed by atoms with Crippen molar-refractivity contribution < 1.29 is 18.0 Å². The second-order valence-corrected chi connectivity index (χ2v) is 7.56. The summed E-state index contributed by atoms with van der Waals surface area (Å²) in [5.74, 6) is 0.503. The highest BCUT2D eigenvalue weighted by Crippen LogP contribution is 2.34. The normalized spacial score (nSPS) is 21.7. The number of nitriles is 1. The van der Waals surface area contributed by atoms with Crippen LogP contribution in [0.15, 0.2) is 33.7 Å². The number of hydrogen-bond donors (Lipinski definition) is 1. The van der Waals surface area contributed by atoms with E-state index in [1.54, 1.807) is 0 Å². The molecule has 0 radical (unpaired) electrons. The van der Waals surface area contributed by atoms with Gasteiger partial charge in [-0.1, -0.05) is 12.1 Å². The van der Waals surface area contributed by atoms with E-state index in [4.69, 9.17) is 9.78 Å². The molecule has 0 amide bonds. The summed E-state index contributed by atoms with van der Waals surface area (Å²) in [6.45, 7) is 1.85. The van der Waals surface area contributed by atoms with Crippen LogP contribution in [-0.2, 0) is 22.0 Å². The van der Waals surface area contributed by atoms with Crippen molar-refractivity contribution in [2.75, 3.05) is 13.1 Å². The van der Waals surface area contributed by atoms with Gasteiger partial charge in [-0.05, 0) is 24.3 Å². The molecule has 1 aromatic carbocycles. The second kappa shape index (κ2) is 5.98. The molecule has 1 fully saturated rings. The van der Waals surface area contributed by atoms with Crippen molar-refractivity contribution in [3.8, 4) is 6.07 Å². The van der Waals surface area contributed by atoms with E-state index in [9.17, 15) is 13.5 Å². The number of sulfonamides is 1. The van der Waals surface area contributed by atoms with E-state index in [0.717, 1.165) is 0 Å². The molecule has 126 valence electrons. The first-order chi connectivity index (χ1) is 11.4. The highest BCUT2D eigenvalue weighted by atomic mass is 32.2. The van der Waals surface area contributed by atoms with Gasteiger partial charge in [0.15, 0.2) is 11.4 Å². The standard InChI is InChI=1S/C15H16N4O4S/c1-2-13-17-14(23-18-13)15(20)7-8-19(10-15)24(21,22)12-5-3-11(9-16)4-6-12/h3-6,20H,2,7-8,10H2,1H3/t15-/m0/s1. The van der Waals surface area contributed by atoms with Crippen molar-refractivity contribution in [3.05, 3.63) is 41.5 Å². The van der Waals surface area contributed by atoms with E-state index >= 15 is 0 Å². The van der Waals surface area contributed by atoms with Crippen LogP contribution in [0.2, 0.25) is 0 Å². The largest absolute Gasteiger partial charge is 0.379 e. The van der Waals surface area contributed by atoms with Crippen molar-refractivity contribution >= 4 is 10.0 Å². The van der Waals surface area contributed by atoms with Crippen LogP contribution < -0.4 is 0 Å². The van der Waals surface area contributed by atoms with Gasteiger partial charge in [0.25, 0.3) is 5.89 Å². The number of rotatable bonds is 4. The van der Waals surface area contributed by atoms with Crippen molar-refractivity contribution in [3.63, 3.8) is 0 Å². The zero-order chi connectivity index (χ0) is 17.4. The summed E-state index contributed by atoms with van der Waals surface area (Å²) < 4.78 is 31.6. The molecule has 3 rings (SSSR count). The number of hydrogen-bond acceptors (Lipinski definition) is 7. The molecular formula is C15H16N4O4S. The van der Waals surface area contributed by atoms with Crippen LogP contribution in [-0.4, -0.2) is 41.1 Å². The van der Waals surface area contributed by atoms with Crippen molar-refractivity contribution in [2.45, 2.75) is 30.3 Å². The second-order valence-electron chi connectivity index (χ2n) is 5.63. The Labute approximate surface area is 139 Å². The molecule has 0 saturated carbocycles. The van der Waals surface area contributed by atoms with Crippen LogP contribution in [0.4, 0.5) is 0 Å². The maximum atomic E-state index is 12.7. The van der Waals surface area contributed by atoms with Gasteiger partial charge in [0, 0.05) is 19.4 Å². The summed E-state index contributed by atoms with van der Waals surface area (Å²) in [6.07, 6.45) is 0.737. The Morgan fingerprint density at radius 2 is 2.12 bits per heavy atom. The van der Waals surface area contributed by atoms with Gasteiger partial charge in [-0.25, -0.2) is 8.42 Å². The molecule has 1 aliphatic heterocycles. The summed E-state index contributed by atoms with van der Waals surface area (Å²) in [5, 5.41) is 23.2. The Kier molecular flexibility index (Phi) is 4.13. The Balaban J connectivity index is 1.84. The van der Waals surface area contributed by atoms with Gasteiger partial charge < -0.3 is 9.63 Å². The molecule has 1 saturated heterocycles. The number of benzene rings is 1. The molecule has 0 unspecified atom stereocenters. The topological polar surface area (TPSA) is 120 Å². The van der Waals surface area contributed by atoms with Gasteiger partial charge in [-0.2, -0.15) is 14.6 Å². The van der Waals surface area contributed by atoms with Crippen LogP contribution in [0, 0.1) is 11.3 Å². The summed E-state index contributed by atoms with van der Waals surface area (Å²) in [4.78, 5) is 4.18. The molecule has 2 heterocycles. The smallest absolute Gasteiger partial charge is 0.260 e. The molecular weight excluding hydrogens is 332 g/mol. The lowest BCUT2D eigenvalue weighted by Crippen LogP contribution is -2.34. The van der Waals surface area contributed by atoms with E-state index < -0.39 is 15.6 Å². The van der Waals surface area contributed by atoms with Gasteiger partial charge in [0.2, 0.25) is 10.0 Å². The van der Waals surface area contributed by atoms with E-state index in [-0.39, 0.29) is 30.3 Å². The lowest BCUT2D eigenvalue weighted by atomic mass is 10.0. The minimum Gasteiger partial charge on any atom is -0.379 e. The van der Waals surface area contributed by atoms with Crippen molar-refractivity contribution in [1.82, 2.24) is 14.4 Å². The van der Waals surface area contributed by atoms with Gasteiger partial charge in [0.1, 0.15) is 0 Å². The lowest BCUT2D eigenvalue weighted by molar-refractivity contribution is 0.0194. The predicted octanol–water partition coefficient (Wildman–Crippen LogP) is 0.786. The summed E-state index contributed by atoms with van der Waals surface area (Å²) in [5.41, 5.74) is -1.11. The van der Waals surface area contributed by atoms with Crippen molar-refractivity contribution in [1.29, 1.82) is 5.26 Å². The number of nitrogens with zero attached hydrogens (tertiary/aromatic N) is 4. The Hall–Kier alpha value is -2.28. The summed E-state index contributed by atoms with van der Waals surface area (Å²) >= 11 is 0. The SMILES string of the molecule is CCc1noc([C@]2(O)CCN(S(=O)(=O)c3ccc(C#N)cc3)C2)n1. The monoisotopic (exact) mass is 348 g/mol. The van der Waals surface area contributed by atoms with Crippen LogP contribution in [0.3, 0.4) is 0 Å². The Bertz CT molecular complexity index is 885. The van der Waals surface area contributed by atoms with Crippen LogP contribution >= 0.6 is 0 Å². The van der Waals surface area contributed by atoms with E-state index in [1.165, 1.54) is 28.6 Å². The fourth-order valence-electron chi connectivity index (χ4n) is 2.58. The summed E-state index contributed by atoms with van der Waals surface area (Å²) in [7, 11) is -3.77. The fraction of sp³-hybridized carbons (Fsp3) is 0.400. The molecule has 24 heavy (non-hydrogen) atoms. The molecule has 0 bridgehead atoms. The third-order valence-electron chi connectivity index (χ3n) is 4.02. The molecule has 0 aliphatic carbocycles. The third kappa shape index (κ3) is 2.80. The fourth-order valence-corrected chi connectivity index (χ4v) is 4.07. The zero-order valence-corrected chi connectivity index (χ0v) is 13.8.